The zero-order chi connectivity index (χ0) is 15.3. The van der Waals surface area contributed by atoms with Crippen LogP contribution in [0.4, 0.5) is 8.78 Å². The first-order valence-corrected chi connectivity index (χ1v) is 7.31. The van der Waals surface area contributed by atoms with Crippen LogP contribution in [-0.4, -0.2) is 12.5 Å². The molecule has 0 atom stereocenters. The lowest BCUT2D eigenvalue weighted by Crippen LogP contribution is -2.28. The SMILES string of the molecule is CC1(C)C(CNC(=O)c2c(F)cc(Br)cc2F)C1(C)C. The van der Waals surface area contributed by atoms with E-state index >= 15 is 0 Å². The standard InChI is InChI=1S/C15H18BrF2NO/c1-14(2)11(15(14,3)4)7-19-13(20)12-9(17)5-8(16)6-10(12)18/h5-6,11H,7H2,1-4H3,(H,19,20). The Hall–Kier alpha value is -0.970. The fourth-order valence-electron chi connectivity index (χ4n) is 2.89. The molecule has 0 bridgehead atoms. The Morgan fingerprint density at radius 1 is 1.20 bits per heavy atom. The molecule has 1 saturated carbocycles. The van der Waals surface area contributed by atoms with Gasteiger partial charge in [0.05, 0.1) is 0 Å². The smallest absolute Gasteiger partial charge is 0.257 e. The molecule has 0 aromatic heterocycles. The molecule has 1 aliphatic carbocycles. The topological polar surface area (TPSA) is 29.1 Å². The number of halogens is 3. The molecule has 2 nitrogen and oxygen atoms in total. The fourth-order valence-corrected chi connectivity index (χ4v) is 3.29. The van der Waals surface area contributed by atoms with Gasteiger partial charge in [0.25, 0.3) is 5.91 Å². The van der Waals surface area contributed by atoms with E-state index in [9.17, 15) is 13.6 Å². The Balaban J connectivity index is 2.08. The summed E-state index contributed by atoms with van der Waals surface area (Å²) in [5.74, 6) is -2.11. The fraction of sp³-hybridized carbons (Fsp3) is 0.533. The summed E-state index contributed by atoms with van der Waals surface area (Å²) in [6.07, 6.45) is 0. The lowest BCUT2D eigenvalue weighted by Gasteiger charge is -2.08. The predicted octanol–water partition coefficient (Wildman–Crippen LogP) is 4.14. The number of rotatable bonds is 3. The van der Waals surface area contributed by atoms with Gasteiger partial charge in [0.2, 0.25) is 0 Å². The molecule has 0 saturated heterocycles. The van der Waals surface area contributed by atoms with Crippen LogP contribution >= 0.6 is 15.9 Å². The molecule has 1 fully saturated rings. The minimum absolute atomic E-state index is 0.122. The molecule has 2 rings (SSSR count). The number of nitrogens with one attached hydrogen (secondary N) is 1. The van der Waals surface area contributed by atoms with Gasteiger partial charge in [-0.3, -0.25) is 4.79 Å². The van der Waals surface area contributed by atoms with E-state index < -0.39 is 23.1 Å². The van der Waals surface area contributed by atoms with E-state index in [2.05, 4.69) is 48.9 Å². The molecule has 5 heteroatoms. The summed E-state index contributed by atoms with van der Waals surface area (Å²) < 4.78 is 27.6. The van der Waals surface area contributed by atoms with Crippen LogP contribution in [0.15, 0.2) is 16.6 Å². The lowest BCUT2D eigenvalue weighted by atomic mass is 10.0. The van der Waals surface area contributed by atoms with E-state index in [-0.39, 0.29) is 15.3 Å². The van der Waals surface area contributed by atoms with E-state index in [1.54, 1.807) is 0 Å². The van der Waals surface area contributed by atoms with Gasteiger partial charge in [-0.25, -0.2) is 8.78 Å². The second kappa shape index (κ2) is 4.79. The summed E-state index contributed by atoms with van der Waals surface area (Å²) in [5, 5.41) is 2.64. The Labute approximate surface area is 126 Å². The van der Waals surface area contributed by atoms with Crippen molar-refractivity contribution in [2.24, 2.45) is 16.7 Å². The molecule has 1 aromatic rings. The minimum Gasteiger partial charge on any atom is -0.352 e. The number of carbonyl (C=O) groups excluding carboxylic acids is 1. The molecule has 1 N–H and O–H groups in total. The van der Waals surface area contributed by atoms with Crippen molar-refractivity contribution in [2.75, 3.05) is 6.54 Å². The maximum Gasteiger partial charge on any atom is 0.257 e. The Kier molecular flexibility index (Phi) is 3.70. The van der Waals surface area contributed by atoms with Crippen LogP contribution in [0.2, 0.25) is 0 Å². The average Bonchev–Trinajstić information content (AvgIpc) is 2.65. The van der Waals surface area contributed by atoms with Gasteiger partial charge in [-0.15, -0.1) is 0 Å². The molecular formula is C15H18BrF2NO. The van der Waals surface area contributed by atoms with Gasteiger partial charge in [0.1, 0.15) is 17.2 Å². The lowest BCUT2D eigenvalue weighted by molar-refractivity contribution is 0.0941. The van der Waals surface area contributed by atoms with Gasteiger partial charge in [0.15, 0.2) is 0 Å². The number of hydrogen-bond acceptors (Lipinski definition) is 1. The van der Waals surface area contributed by atoms with Gasteiger partial charge in [-0.1, -0.05) is 43.6 Å². The highest BCUT2D eigenvalue weighted by Gasteiger charge is 2.64. The van der Waals surface area contributed by atoms with Gasteiger partial charge < -0.3 is 5.32 Å². The van der Waals surface area contributed by atoms with Crippen LogP contribution in [0.25, 0.3) is 0 Å². The molecule has 20 heavy (non-hydrogen) atoms. The third kappa shape index (κ3) is 2.36. The molecular weight excluding hydrogens is 328 g/mol. The van der Waals surface area contributed by atoms with Crippen molar-refractivity contribution in [1.82, 2.24) is 5.32 Å². The van der Waals surface area contributed by atoms with E-state index in [0.717, 1.165) is 12.1 Å². The van der Waals surface area contributed by atoms with Gasteiger partial charge >= 0.3 is 0 Å². The molecule has 0 radical (unpaired) electrons. The van der Waals surface area contributed by atoms with Crippen LogP contribution in [0, 0.1) is 28.4 Å². The van der Waals surface area contributed by atoms with E-state index in [0.29, 0.717) is 12.5 Å². The van der Waals surface area contributed by atoms with E-state index in [1.165, 1.54) is 0 Å². The predicted molar refractivity (Wildman–Crippen MR) is 77.4 cm³/mol. The minimum atomic E-state index is -0.858. The number of hydrogen-bond donors (Lipinski definition) is 1. The normalized spacial score (nSPS) is 19.8. The maximum absolute atomic E-state index is 13.7. The average molecular weight is 346 g/mol. The molecule has 0 heterocycles. The Bertz CT molecular complexity index is 532. The summed E-state index contributed by atoms with van der Waals surface area (Å²) in [5.41, 5.74) is -0.279. The molecule has 0 unspecified atom stereocenters. The van der Waals surface area contributed by atoms with Crippen molar-refractivity contribution in [3.8, 4) is 0 Å². The van der Waals surface area contributed by atoms with E-state index in [4.69, 9.17) is 0 Å². The number of amides is 1. The summed E-state index contributed by atoms with van der Waals surface area (Å²) >= 11 is 2.99. The van der Waals surface area contributed by atoms with Crippen molar-refractivity contribution in [1.29, 1.82) is 0 Å². The first-order chi connectivity index (χ1) is 9.09. The summed E-state index contributed by atoms with van der Waals surface area (Å²) in [7, 11) is 0. The van der Waals surface area contributed by atoms with Crippen LogP contribution in [-0.2, 0) is 0 Å². The van der Waals surface area contributed by atoms with E-state index in [1.807, 2.05) is 0 Å². The third-order valence-electron chi connectivity index (χ3n) is 5.02. The monoisotopic (exact) mass is 345 g/mol. The highest BCUT2D eigenvalue weighted by atomic mass is 79.9. The summed E-state index contributed by atoms with van der Waals surface area (Å²) in [6.45, 7) is 8.94. The number of benzene rings is 1. The van der Waals surface area contributed by atoms with Gasteiger partial charge in [-0.05, 0) is 28.9 Å². The molecule has 1 aromatic carbocycles. The maximum atomic E-state index is 13.7. The third-order valence-corrected chi connectivity index (χ3v) is 5.48. The first kappa shape index (κ1) is 15.4. The zero-order valence-electron chi connectivity index (χ0n) is 12.0. The second-order valence-electron chi connectivity index (χ2n) is 6.45. The van der Waals surface area contributed by atoms with Gasteiger partial charge in [-0.2, -0.15) is 0 Å². The first-order valence-electron chi connectivity index (χ1n) is 6.51. The highest BCUT2D eigenvalue weighted by molar-refractivity contribution is 9.10. The van der Waals surface area contributed by atoms with Crippen LogP contribution in [0.5, 0.6) is 0 Å². The van der Waals surface area contributed by atoms with Crippen molar-refractivity contribution < 1.29 is 13.6 Å². The number of carbonyl (C=O) groups is 1. The molecule has 0 aliphatic heterocycles. The van der Waals surface area contributed by atoms with Crippen LogP contribution < -0.4 is 5.32 Å². The summed E-state index contributed by atoms with van der Waals surface area (Å²) in [6, 6.07) is 2.17. The van der Waals surface area contributed by atoms with Crippen LogP contribution in [0.1, 0.15) is 38.1 Å². The van der Waals surface area contributed by atoms with Gasteiger partial charge in [0, 0.05) is 11.0 Å². The quantitative estimate of drug-likeness (QED) is 0.876. The highest BCUT2D eigenvalue weighted by Crippen LogP contribution is 2.67. The Morgan fingerprint density at radius 2 is 1.65 bits per heavy atom. The molecule has 0 spiro atoms. The molecule has 1 aliphatic rings. The molecule has 1 amide bonds. The Morgan fingerprint density at radius 3 is 2.05 bits per heavy atom. The van der Waals surface area contributed by atoms with Crippen molar-refractivity contribution in [3.05, 3.63) is 33.8 Å². The zero-order valence-corrected chi connectivity index (χ0v) is 13.6. The van der Waals surface area contributed by atoms with Crippen LogP contribution in [0.3, 0.4) is 0 Å². The van der Waals surface area contributed by atoms with Crippen molar-refractivity contribution in [3.63, 3.8) is 0 Å². The molecule has 110 valence electrons. The summed E-state index contributed by atoms with van der Waals surface area (Å²) in [4.78, 5) is 11.9. The second-order valence-corrected chi connectivity index (χ2v) is 7.37. The largest absolute Gasteiger partial charge is 0.352 e. The van der Waals surface area contributed by atoms with Crippen molar-refractivity contribution >= 4 is 21.8 Å². The van der Waals surface area contributed by atoms with Crippen molar-refractivity contribution in [2.45, 2.75) is 27.7 Å².